The fraction of sp³-hybridized carbons (Fsp3) is 0.312. The number of oxime groups is 1. The number of carboxylic acids is 1. The van der Waals surface area contributed by atoms with E-state index in [-0.39, 0.29) is 22.2 Å². The number of nitrogen functional groups attached to an aromatic ring is 1. The van der Waals surface area contributed by atoms with Gasteiger partial charge in [0.1, 0.15) is 29.9 Å². The Hall–Kier alpha value is -2.86. The third-order valence-electron chi connectivity index (χ3n) is 4.02. The van der Waals surface area contributed by atoms with Crippen LogP contribution >= 0.6 is 23.1 Å². The van der Waals surface area contributed by atoms with Crippen molar-refractivity contribution in [1.29, 1.82) is 0 Å². The van der Waals surface area contributed by atoms with Crippen molar-refractivity contribution in [2.45, 2.75) is 18.3 Å². The van der Waals surface area contributed by atoms with E-state index in [1.54, 1.807) is 24.5 Å². The van der Waals surface area contributed by atoms with Crippen LogP contribution in [-0.2, 0) is 19.2 Å². The van der Waals surface area contributed by atoms with Gasteiger partial charge in [0.25, 0.3) is 11.8 Å². The number of hydrogen-bond acceptors (Lipinski definition) is 9. The molecule has 1 saturated heterocycles. The molecule has 0 radical (unpaired) electrons. The molecule has 0 bridgehead atoms. The number of fused-ring (bicyclic) bond motifs is 1. The number of β-lactam (4-membered cyclic amide) rings is 1. The third kappa shape index (κ3) is 3.47. The average Bonchev–Trinajstić information content (AvgIpc) is 3.09. The van der Waals surface area contributed by atoms with Crippen LogP contribution in [0.4, 0.5) is 5.13 Å². The fourth-order valence-corrected chi connectivity index (χ4v) is 4.74. The van der Waals surface area contributed by atoms with E-state index in [1.807, 2.05) is 0 Å². The Kier molecular flexibility index (Phi) is 5.70. The van der Waals surface area contributed by atoms with Crippen molar-refractivity contribution in [2.75, 3.05) is 18.6 Å². The predicted octanol–water partition coefficient (Wildman–Crippen LogP) is 0.391. The van der Waals surface area contributed by atoms with Gasteiger partial charge in [-0.2, -0.15) is 0 Å². The number of nitrogens with two attached hydrogens (primary N) is 1. The molecule has 3 rings (SSSR count). The van der Waals surface area contributed by atoms with Crippen molar-refractivity contribution in [3.8, 4) is 0 Å². The van der Waals surface area contributed by atoms with Gasteiger partial charge in [-0.15, -0.1) is 23.1 Å². The van der Waals surface area contributed by atoms with Crippen LogP contribution < -0.4 is 11.1 Å². The summed E-state index contributed by atoms with van der Waals surface area (Å²) in [7, 11) is 1.28. The number of nitrogens with zero attached hydrogens (tertiary/aromatic N) is 3. The van der Waals surface area contributed by atoms with E-state index in [4.69, 9.17) is 10.6 Å². The first-order chi connectivity index (χ1) is 13.4. The number of hydrogen-bond donors (Lipinski definition) is 3. The quantitative estimate of drug-likeness (QED) is 0.338. The topological polar surface area (TPSA) is 147 Å². The number of carbonyl (C=O) groups is 3. The number of anilines is 1. The standard InChI is InChI=1S/C16H17N5O5S2/c1-3-4-7-5-27-14-10(13(23)21(14)11(7)15(24)25)19-12(22)9(20-26-2)8-6-28-16(17)18-8/h3-4,6,10,14H,5H2,1-2H3,(H2,17,18)(H,19,22)(H,24,25)/b4-3?,20-9-/t10?,14-/m0/s1. The molecule has 0 spiro atoms. The van der Waals surface area contributed by atoms with Crippen LogP contribution in [0.5, 0.6) is 0 Å². The van der Waals surface area contributed by atoms with Gasteiger partial charge < -0.3 is 21.0 Å². The summed E-state index contributed by atoms with van der Waals surface area (Å²) in [6.45, 7) is 1.77. The second kappa shape index (κ2) is 8.02. The van der Waals surface area contributed by atoms with E-state index in [9.17, 15) is 19.5 Å². The number of aromatic nitrogens is 1. The molecule has 12 heteroatoms. The monoisotopic (exact) mass is 423 g/mol. The maximum absolute atomic E-state index is 12.6. The Morgan fingerprint density at radius 3 is 2.86 bits per heavy atom. The summed E-state index contributed by atoms with van der Waals surface area (Å²) < 4.78 is 0. The molecule has 10 nitrogen and oxygen atoms in total. The lowest BCUT2D eigenvalue weighted by Crippen LogP contribution is -2.71. The van der Waals surface area contributed by atoms with Gasteiger partial charge in [0, 0.05) is 11.1 Å². The largest absolute Gasteiger partial charge is 0.477 e. The molecule has 1 aromatic heterocycles. The van der Waals surface area contributed by atoms with E-state index in [2.05, 4.69) is 15.5 Å². The second-order valence-corrected chi connectivity index (χ2v) is 7.73. The van der Waals surface area contributed by atoms with Crippen LogP contribution in [0, 0.1) is 0 Å². The summed E-state index contributed by atoms with van der Waals surface area (Å²) >= 11 is 2.51. The minimum atomic E-state index is -1.18. The van der Waals surface area contributed by atoms with E-state index in [1.165, 1.54) is 23.8 Å². The number of nitrogens with one attached hydrogen (secondary N) is 1. The first-order valence-corrected chi connectivity index (χ1v) is 9.99. The Bertz CT molecular complexity index is 922. The van der Waals surface area contributed by atoms with Gasteiger partial charge >= 0.3 is 5.97 Å². The highest BCUT2D eigenvalue weighted by Gasteiger charge is 2.54. The summed E-state index contributed by atoms with van der Waals surface area (Å²) in [6.07, 6.45) is 3.39. The predicted molar refractivity (Wildman–Crippen MR) is 105 cm³/mol. The molecule has 28 heavy (non-hydrogen) atoms. The van der Waals surface area contributed by atoms with Crippen molar-refractivity contribution in [2.24, 2.45) is 5.16 Å². The van der Waals surface area contributed by atoms with Crippen LogP contribution in [0.2, 0.25) is 0 Å². The molecule has 2 aliphatic rings. The first-order valence-electron chi connectivity index (χ1n) is 8.06. The second-order valence-electron chi connectivity index (χ2n) is 5.73. The molecule has 2 atom stereocenters. The van der Waals surface area contributed by atoms with Gasteiger partial charge in [-0.1, -0.05) is 17.3 Å². The lowest BCUT2D eigenvalue weighted by molar-refractivity contribution is -0.150. The SMILES string of the molecule is CC=CC1=C(C(=O)O)N2C(=O)C(NC(=O)/C(=N\OC)c3csc(N)n3)[C@@H]2SC1. The van der Waals surface area contributed by atoms with Crippen LogP contribution in [0.15, 0.2) is 34.0 Å². The van der Waals surface area contributed by atoms with Crippen molar-refractivity contribution >= 4 is 51.7 Å². The highest BCUT2D eigenvalue weighted by atomic mass is 32.2. The smallest absolute Gasteiger partial charge is 0.352 e. The van der Waals surface area contributed by atoms with Crippen molar-refractivity contribution in [3.05, 3.63) is 34.5 Å². The van der Waals surface area contributed by atoms with Crippen molar-refractivity contribution in [3.63, 3.8) is 0 Å². The summed E-state index contributed by atoms with van der Waals surface area (Å²) in [5.74, 6) is -1.93. The van der Waals surface area contributed by atoms with Crippen LogP contribution in [0.1, 0.15) is 12.6 Å². The number of thioether (sulfide) groups is 1. The molecule has 2 aliphatic heterocycles. The van der Waals surface area contributed by atoms with Gasteiger partial charge in [-0.05, 0) is 12.5 Å². The summed E-state index contributed by atoms with van der Waals surface area (Å²) in [5, 5.41) is 17.1. The first kappa shape index (κ1) is 19.9. The molecule has 1 fully saturated rings. The number of carboxylic acid groups (broad SMARTS) is 1. The molecule has 2 amide bonds. The zero-order valence-corrected chi connectivity index (χ0v) is 16.5. The minimum absolute atomic E-state index is 0.0598. The Morgan fingerprint density at radius 1 is 1.54 bits per heavy atom. The van der Waals surface area contributed by atoms with E-state index < -0.39 is 29.2 Å². The van der Waals surface area contributed by atoms with Crippen LogP contribution in [-0.4, -0.2) is 62.8 Å². The molecule has 148 valence electrons. The zero-order valence-electron chi connectivity index (χ0n) is 14.9. The molecule has 3 heterocycles. The van der Waals surface area contributed by atoms with Crippen molar-refractivity contribution < 1.29 is 24.3 Å². The number of amides is 2. The molecule has 0 saturated carbocycles. The Balaban J connectivity index is 1.80. The van der Waals surface area contributed by atoms with Crippen LogP contribution in [0.3, 0.4) is 0 Å². The maximum Gasteiger partial charge on any atom is 0.352 e. The molecular weight excluding hydrogens is 406 g/mol. The molecule has 1 aromatic rings. The maximum atomic E-state index is 12.6. The number of thiazole rings is 1. The lowest BCUT2D eigenvalue weighted by Gasteiger charge is -2.49. The Morgan fingerprint density at radius 2 is 2.29 bits per heavy atom. The Labute approximate surface area is 168 Å². The number of rotatable bonds is 6. The lowest BCUT2D eigenvalue weighted by atomic mass is 10.0. The summed E-state index contributed by atoms with van der Waals surface area (Å²) in [4.78, 5) is 46.8. The minimum Gasteiger partial charge on any atom is -0.477 e. The summed E-state index contributed by atoms with van der Waals surface area (Å²) in [6, 6.07) is -0.878. The molecule has 4 N–H and O–H groups in total. The van der Waals surface area contributed by atoms with Gasteiger partial charge in [0.15, 0.2) is 10.8 Å². The van der Waals surface area contributed by atoms with E-state index in [0.717, 1.165) is 11.3 Å². The summed E-state index contributed by atoms with van der Waals surface area (Å²) in [5.41, 5.74) is 6.19. The van der Waals surface area contributed by atoms with Gasteiger partial charge in [0.05, 0.1) is 0 Å². The third-order valence-corrected chi connectivity index (χ3v) is 5.99. The number of aliphatic carboxylic acids is 1. The highest BCUT2D eigenvalue weighted by Crippen LogP contribution is 2.40. The van der Waals surface area contributed by atoms with E-state index in [0.29, 0.717) is 11.3 Å². The highest BCUT2D eigenvalue weighted by molar-refractivity contribution is 8.00. The van der Waals surface area contributed by atoms with Gasteiger partial charge in [-0.3, -0.25) is 14.5 Å². The number of allylic oxidation sites excluding steroid dienone is 2. The molecule has 0 aliphatic carbocycles. The zero-order chi connectivity index (χ0) is 20.4. The van der Waals surface area contributed by atoms with Crippen LogP contribution in [0.25, 0.3) is 0 Å². The molecule has 0 aromatic carbocycles. The average molecular weight is 423 g/mol. The molecular formula is C16H17N5O5S2. The van der Waals surface area contributed by atoms with E-state index >= 15 is 0 Å². The fourth-order valence-electron chi connectivity index (χ4n) is 2.87. The number of carbonyl (C=O) groups excluding carboxylic acids is 2. The van der Waals surface area contributed by atoms with Gasteiger partial charge in [0.2, 0.25) is 0 Å². The van der Waals surface area contributed by atoms with Gasteiger partial charge in [-0.25, -0.2) is 9.78 Å². The molecule has 1 unspecified atom stereocenters. The normalized spacial score (nSPS) is 22.1. The van der Waals surface area contributed by atoms with Crippen molar-refractivity contribution in [1.82, 2.24) is 15.2 Å².